The third-order valence-corrected chi connectivity index (χ3v) is 5.01. The van der Waals surface area contributed by atoms with Crippen LogP contribution in [0, 0.1) is 0 Å². The molecule has 0 amide bonds. The fourth-order valence-electron chi connectivity index (χ4n) is 3.52. The molecule has 0 spiro atoms. The van der Waals surface area contributed by atoms with Gasteiger partial charge in [0, 0.05) is 11.6 Å². The van der Waals surface area contributed by atoms with E-state index in [0.717, 1.165) is 23.6 Å². The predicted octanol–water partition coefficient (Wildman–Crippen LogP) is 5.75. The zero-order chi connectivity index (χ0) is 18.2. The van der Waals surface area contributed by atoms with Crippen LogP contribution in [0.2, 0.25) is 0 Å². The van der Waals surface area contributed by atoms with E-state index in [1.54, 1.807) is 19.1 Å². The van der Waals surface area contributed by atoms with Crippen LogP contribution in [0.15, 0.2) is 40.8 Å². The Morgan fingerprint density at radius 1 is 1.04 bits per heavy atom. The molecule has 1 N–H and O–H groups in total. The van der Waals surface area contributed by atoms with Crippen LogP contribution in [-0.2, 0) is 11.3 Å². The Kier molecular flexibility index (Phi) is 8.89. The molecule has 0 radical (unpaired) electrons. The Morgan fingerprint density at radius 2 is 1.70 bits per heavy atom. The molecule has 5 heteroatoms. The Morgan fingerprint density at radius 3 is 2.37 bits per heavy atom. The number of furan rings is 1. The number of carbonyl (C=O) groups excluding carboxylic acids is 1. The lowest BCUT2D eigenvalue weighted by molar-refractivity contribution is 0.0526. The maximum atomic E-state index is 11.7. The minimum atomic E-state index is -0.289. The SMILES string of the molecule is CCOC(=O)c1ccc(-c2ccc(CNC3CCCCCCC3)o2)cc1.Cl. The molecular weight excluding hydrogens is 362 g/mol. The van der Waals surface area contributed by atoms with Crippen molar-refractivity contribution in [2.45, 2.75) is 64.5 Å². The summed E-state index contributed by atoms with van der Waals surface area (Å²) in [4.78, 5) is 11.7. The number of carbonyl (C=O) groups is 1. The fraction of sp³-hybridized carbons (Fsp3) is 0.500. The Bertz CT molecular complexity index is 688. The first-order valence-electron chi connectivity index (χ1n) is 9.86. The highest BCUT2D eigenvalue weighted by Crippen LogP contribution is 2.23. The molecule has 1 aromatic heterocycles. The van der Waals surface area contributed by atoms with E-state index in [2.05, 4.69) is 5.32 Å². The van der Waals surface area contributed by atoms with Gasteiger partial charge in [0.1, 0.15) is 11.5 Å². The van der Waals surface area contributed by atoms with Crippen LogP contribution < -0.4 is 5.32 Å². The summed E-state index contributed by atoms with van der Waals surface area (Å²) in [5.41, 5.74) is 1.53. The number of halogens is 1. The van der Waals surface area contributed by atoms with Gasteiger partial charge in [-0.2, -0.15) is 0 Å². The first kappa shape index (κ1) is 21.5. The van der Waals surface area contributed by atoms with Crippen LogP contribution in [0.25, 0.3) is 11.3 Å². The van der Waals surface area contributed by atoms with Gasteiger partial charge < -0.3 is 14.5 Å². The van der Waals surface area contributed by atoms with Crippen molar-refractivity contribution in [1.29, 1.82) is 0 Å². The van der Waals surface area contributed by atoms with Gasteiger partial charge in [0.25, 0.3) is 0 Å². The zero-order valence-corrected chi connectivity index (χ0v) is 16.9. The monoisotopic (exact) mass is 391 g/mol. The number of ether oxygens (including phenoxy) is 1. The van der Waals surface area contributed by atoms with E-state index >= 15 is 0 Å². The normalized spacial score (nSPS) is 15.4. The van der Waals surface area contributed by atoms with Crippen molar-refractivity contribution in [1.82, 2.24) is 5.32 Å². The average Bonchev–Trinajstić information content (AvgIpc) is 3.10. The summed E-state index contributed by atoms with van der Waals surface area (Å²) >= 11 is 0. The van der Waals surface area contributed by atoms with Crippen molar-refractivity contribution >= 4 is 18.4 Å². The molecular formula is C22H30ClNO3. The summed E-state index contributed by atoms with van der Waals surface area (Å²) in [6.45, 7) is 2.96. The number of hydrogen-bond acceptors (Lipinski definition) is 4. The van der Waals surface area contributed by atoms with Crippen LogP contribution in [0.4, 0.5) is 0 Å². The standard InChI is InChI=1S/C22H29NO3.ClH/c1-2-25-22(24)18-12-10-17(11-13-18)21-15-14-20(26-21)16-23-19-8-6-4-3-5-7-9-19;/h10-15,19,23H,2-9,16H2,1H3;1H. The second kappa shape index (κ2) is 11.2. The molecule has 1 saturated carbocycles. The first-order valence-corrected chi connectivity index (χ1v) is 9.86. The largest absolute Gasteiger partial charge is 0.462 e. The lowest BCUT2D eigenvalue weighted by Crippen LogP contribution is -2.29. The topological polar surface area (TPSA) is 51.5 Å². The molecule has 0 unspecified atom stereocenters. The van der Waals surface area contributed by atoms with Crippen LogP contribution in [0.1, 0.15) is 68.0 Å². The van der Waals surface area contributed by atoms with Gasteiger partial charge in [0.05, 0.1) is 18.7 Å². The van der Waals surface area contributed by atoms with Crippen molar-refractivity contribution in [3.05, 3.63) is 47.7 Å². The molecule has 3 rings (SSSR count). The Labute approximate surface area is 168 Å². The smallest absolute Gasteiger partial charge is 0.338 e. The molecule has 1 fully saturated rings. The number of benzene rings is 1. The minimum Gasteiger partial charge on any atom is -0.462 e. The molecule has 1 aliphatic rings. The van der Waals surface area contributed by atoms with Gasteiger partial charge in [0.15, 0.2) is 0 Å². The average molecular weight is 392 g/mol. The van der Waals surface area contributed by atoms with E-state index in [4.69, 9.17) is 9.15 Å². The number of nitrogens with one attached hydrogen (secondary N) is 1. The highest BCUT2D eigenvalue weighted by molar-refractivity contribution is 5.89. The molecule has 1 aromatic carbocycles. The summed E-state index contributed by atoms with van der Waals surface area (Å²) in [6, 6.07) is 12.0. The van der Waals surface area contributed by atoms with Crippen molar-refractivity contribution in [2.75, 3.05) is 6.61 Å². The third-order valence-electron chi connectivity index (χ3n) is 5.01. The second-order valence-corrected chi connectivity index (χ2v) is 6.99. The lowest BCUT2D eigenvalue weighted by Gasteiger charge is -2.20. The van der Waals surface area contributed by atoms with Crippen molar-refractivity contribution in [2.24, 2.45) is 0 Å². The quantitative estimate of drug-likeness (QED) is 0.637. The van der Waals surface area contributed by atoms with Crippen LogP contribution >= 0.6 is 12.4 Å². The summed E-state index contributed by atoms with van der Waals surface area (Å²) in [5.74, 6) is 1.49. The van der Waals surface area contributed by atoms with Crippen molar-refractivity contribution in [3.8, 4) is 11.3 Å². The van der Waals surface area contributed by atoms with Crippen LogP contribution in [0.5, 0.6) is 0 Å². The molecule has 1 heterocycles. The zero-order valence-electron chi connectivity index (χ0n) is 16.0. The lowest BCUT2D eigenvalue weighted by atomic mass is 9.97. The number of esters is 1. The van der Waals surface area contributed by atoms with Crippen LogP contribution in [-0.4, -0.2) is 18.6 Å². The van der Waals surface area contributed by atoms with Gasteiger partial charge in [-0.1, -0.05) is 44.2 Å². The van der Waals surface area contributed by atoms with E-state index in [1.807, 2.05) is 24.3 Å². The molecule has 2 aromatic rings. The van der Waals surface area contributed by atoms with Gasteiger partial charge in [-0.15, -0.1) is 12.4 Å². The Hall–Kier alpha value is -1.78. The summed E-state index contributed by atoms with van der Waals surface area (Å²) < 4.78 is 11.0. The van der Waals surface area contributed by atoms with E-state index in [1.165, 1.54) is 44.9 Å². The van der Waals surface area contributed by atoms with Crippen molar-refractivity contribution in [3.63, 3.8) is 0 Å². The maximum Gasteiger partial charge on any atom is 0.338 e. The summed E-state index contributed by atoms with van der Waals surface area (Å²) in [5, 5.41) is 3.65. The van der Waals surface area contributed by atoms with Gasteiger partial charge in [-0.3, -0.25) is 0 Å². The summed E-state index contributed by atoms with van der Waals surface area (Å²) in [6.07, 6.45) is 9.31. The highest BCUT2D eigenvalue weighted by Gasteiger charge is 2.12. The second-order valence-electron chi connectivity index (χ2n) is 6.99. The molecule has 0 bridgehead atoms. The molecule has 27 heavy (non-hydrogen) atoms. The molecule has 0 saturated heterocycles. The van der Waals surface area contributed by atoms with Gasteiger partial charge >= 0.3 is 5.97 Å². The number of hydrogen-bond donors (Lipinski definition) is 1. The third kappa shape index (κ3) is 6.40. The molecule has 148 valence electrons. The molecule has 0 aliphatic heterocycles. The van der Waals surface area contributed by atoms with E-state index in [0.29, 0.717) is 18.2 Å². The first-order chi connectivity index (χ1) is 12.8. The molecule has 1 aliphatic carbocycles. The van der Waals surface area contributed by atoms with E-state index in [9.17, 15) is 4.79 Å². The number of rotatable bonds is 6. The van der Waals surface area contributed by atoms with Gasteiger partial charge in [0.2, 0.25) is 0 Å². The van der Waals surface area contributed by atoms with E-state index < -0.39 is 0 Å². The van der Waals surface area contributed by atoms with Crippen LogP contribution in [0.3, 0.4) is 0 Å². The fourth-order valence-corrected chi connectivity index (χ4v) is 3.52. The predicted molar refractivity (Wildman–Crippen MR) is 110 cm³/mol. The summed E-state index contributed by atoms with van der Waals surface area (Å²) in [7, 11) is 0. The molecule has 0 atom stereocenters. The molecule has 4 nitrogen and oxygen atoms in total. The highest BCUT2D eigenvalue weighted by atomic mass is 35.5. The maximum absolute atomic E-state index is 11.7. The van der Waals surface area contributed by atoms with E-state index in [-0.39, 0.29) is 18.4 Å². The van der Waals surface area contributed by atoms with Gasteiger partial charge in [-0.05, 0) is 44.0 Å². The van der Waals surface area contributed by atoms with Gasteiger partial charge in [-0.25, -0.2) is 4.79 Å². The Balaban J connectivity index is 0.00000261. The van der Waals surface area contributed by atoms with Crippen molar-refractivity contribution < 1.29 is 13.9 Å². The minimum absolute atomic E-state index is 0.